The van der Waals surface area contributed by atoms with E-state index in [0.29, 0.717) is 24.3 Å². The summed E-state index contributed by atoms with van der Waals surface area (Å²) in [5, 5.41) is 23.4. The SMILES string of the molecule is CN(CCCc1ccccc1)C(=O)C1=C[C@@]23CC[C@]1(O)[C@@H]1Oc4c(O)ccc5c4[C@@]12CCN(CC1CC1)[C@@H]3C5. The van der Waals surface area contributed by atoms with E-state index in [1.54, 1.807) is 11.0 Å². The summed E-state index contributed by atoms with van der Waals surface area (Å²) in [4.78, 5) is 18.6. The Kier molecular flexibility index (Phi) is 4.99. The zero-order chi connectivity index (χ0) is 26.6. The van der Waals surface area contributed by atoms with Crippen molar-refractivity contribution >= 4 is 5.91 Å². The molecule has 6 heteroatoms. The van der Waals surface area contributed by atoms with E-state index in [-0.39, 0.29) is 23.1 Å². The molecule has 2 heterocycles. The molecule has 6 nitrogen and oxygen atoms in total. The summed E-state index contributed by atoms with van der Waals surface area (Å²) in [6.45, 7) is 2.73. The molecule has 204 valence electrons. The minimum Gasteiger partial charge on any atom is -0.504 e. The third-order valence-corrected chi connectivity index (χ3v) is 11.2. The van der Waals surface area contributed by atoms with Crippen LogP contribution in [0.5, 0.6) is 11.5 Å². The molecule has 0 radical (unpaired) electrons. The number of nitrogens with zero attached hydrogens (tertiary/aromatic N) is 2. The van der Waals surface area contributed by atoms with Crippen LogP contribution in [-0.2, 0) is 23.1 Å². The fourth-order valence-electron chi connectivity index (χ4n) is 9.27. The number of hydrogen-bond donors (Lipinski definition) is 2. The zero-order valence-corrected chi connectivity index (χ0v) is 22.7. The smallest absolute Gasteiger partial charge is 0.252 e. The van der Waals surface area contributed by atoms with Crippen LogP contribution in [0.4, 0.5) is 0 Å². The lowest BCUT2D eigenvalue weighted by Gasteiger charge is -2.70. The topological polar surface area (TPSA) is 73.2 Å². The molecule has 0 aromatic heterocycles. The summed E-state index contributed by atoms with van der Waals surface area (Å²) in [6, 6.07) is 14.5. The lowest BCUT2D eigenvalue weighted by molar-refractivity contribution is -0.188. The molecular formula is C33H38N2O4. The van der Waals surface area contributed by atoms with Crippen LogP contribution in [0, 0.1) is 11.3 Å². The van der Waals surface area contributed by atoms with Crippen LogP contribution in [0.25, 0.3) is 0 Å². The van der Waals surface area contributed by atoms with Gasteiger partial charge in [0.05, 0.1) is 5.41 Å². The van der Waals surface area contributed by atoms with Gasteiger partial charge in [0.2, 0.25) is 0 Å². The van der Waals surface area contributed by atoms with Crippen LogP contribution in [0.1, 0.15) is 55.2 Å². The third-order valence-electron chi connectivity index (χ3n) is 11.2. The molecule has 5 atom stereocenters. The molecule has 2 saturated carbocycles. The number of fused-ring (bicyclic) bond motifs is 1. The van der Waals surface area contributed by atoms with E-state index in [0.717, 1.165) is 56.7 Å². The zero-order valence-electron chi connectivity index (χ0n) is 22.7. The Bertz CT molecular complexity index is 1390. The Labute approximate surface area is 230 Å². The molecule has 0 unspecified atom stereocenters. The fourth-order valence-corrected chi connectivity index (χ4v) is 9.27. The standard InChI is InChI=1S/C33H38N2O4/c1-34(16-5-8-21-6-3-2-4-7-21)29(37)24-19-31-13-14-33(24,38)30-32(31)15-17-35(20-22-9-10-22)26(31)18-23-11-12-25(36)28(39-30)27(23)32/h2-4,6-7,11-12,19,22,26,30,36,38H,5,8-10,13-18,20H2,1H3/t26-,30-,31-,32+,33-/m1/s1. The first-order valence-electron chi connectivity index (χ1n) is 14.9. The van der Waals surface area contributed by atoms with Crippen molar-refractivity contribution in [2.24, 2.45) is 11.3 Å². The maximum absolute atomic E-state index is 14.1. The van der Waals surface area contributed by atoms with E-state index in [2.05, 4.69) is 41.3 Å². The van der Waals surface area contributed by atoms with Crippen molar-refractivity contribution in [1.29, 1.82) is 0 Å². The highest BCUT2D eigenvalue weighted by Gasteiger charge is 2.78. The van der Waals surface area contributed by atoms with Gasteiger partial charge < -0.3 is 19.8 Å². The lowest BCUT2D eigenvalue weighted by Crippen LogP contribution is -2.78. The van der Waals surface area contributed by atoms with Crippen molar-refractivity contribution in [3.05, 3.63) is 70.8 Å². The highest BCUT2D eigenvalue weighted by molar-refractivity contribution is 5.97. The fraction of sp³-hybridized carbons (Fsp3) is 0.545. The van der Waals surface area contributed by atoms with Gasteiger partial charge in [-0.3, -0.25) is 9.69 Å². The Morgan fingerprint density at radius 3 is 2.74 bits per heavy atom. The molecule has 7 aliphatic rings. The number of aliphatic hydroxyl groups is 1. The molecule has 3 fully saturated rings. The van der Waals surface area contributed by atoms with Gasteiger partial charge in [-0.1, -0.05) is 42.5 Å². The average Bonchev–Trinajstić information content (AvgIpc) is 3.68. The maximum Gasteiger partial charge on any atom is 0.252 e. The first kappa shape index (κ1) is 24.0. The van der Waals surface area contributed by atoms with Gasteiger partial charge >= 0.3 is 0 Å². The lowest BCUT2D eigenvalue weighted by atomic mass is 9.38. The maximum atomic E-state index is 14.1. The number of amides is 1. The van der Waals surface area contributed by atoms with Gasteiger partial charge in [-0.2, -0.15) is 0 Å². The molecule has 2 spiro atoms. The second-order valence-electron chi connectivity index (χ2n) is 13.2. The predicted molar refractivity (Wildman–Crippen MR) is 148 cm³/mol. The number of benzene rings is 2. The van der Waals surface area contributed by atoms with Crippen LogP contribution in [0.15, 0.2) is 54.1 Å². The molecule has 1 amide bonds. The number of carbonyl (C=O) groups is 1. The van der Waals surface area contributed by atoms with Gasteiger partial charge in [-0.25, -0.2) is 0 Å². The number of phenols is 1. The third kappa shape index (κ3) is 3.08. The highest BCUT2D eigenvalue weighted by atomic mass is 16.5. The number of aromatic hydroxyl groups is 1. The average molecular weight is 527 g/mol. The number of piperidine rings is 1. The van der Waals surface area contributed by atoms with Crippen molar-refractivity contribution in [3.63, 3.8) is 0 Å². The predicted octanol–water partition coefficient (Wildman–Crippen LogP) is 3.97. The number of rotatable bonds is 7. The first-order valence-corrected chi connectivity index (χ1v) is 14.9. The quantitative estimate of drug-likeness (QED) is 0.571. The van der Waals surface area contributed by atoms with E-state index in [1.165, 1.54) is 24.0 Å². The van der Waals surface area contributed by atoms with Crippen molar-refractivity contribution < 1.29 is 19.7 Å². The van der Waals surface area contributed by atoms with E-state index in [1.807, 2.05) is 13.1 Å². The van der Waals surface area contributed by atoms with Crippen molar-refractivity contribution in [3.8, 4) is 11.5 Å². The van der Waals surface area contributed by atoms with E-state index in [9.17, 15) is 15.0 Å². The van der Waals surface area contributed by atoms with E-state index >= 15 is 0 Å². The highest BCUT2D eigenvalue weighted by Crippen LogP contribution is 2.74. The summed E-state index contributed by atoms with van der Waals surface area (Å²) in [6.07, 6.45) is 9.23. The molecule has 2 N–H and O–H groups in total. The number of hydrogen-bond acceptors (Lipinski definition) is 5. The van der Waals surface area contributed by atoms with Crippen LogP contribution in [-0.4, -0.2) is 70.3 Å². The Balaban J connectivity index is 1.18. The van der Waals surface area contributed by atoms with Crippen molar-refractivity contribution in [1.82, 2.24) is 9.80 Å². The van der Waals surface area contributed by atoms with Crippen molar-refractivity contribution in [2.75, 3.05) is 26.7 Å². The molecule has 2 aromatic rings. The van der Waals surface area contributed by atoms with Crippen LogP contribution in [0.3, 0.4) is 0 Å². The van der Waals surface area contributed by atoms with Crippen molar-refractivity contribution in [2.45, 2.75) is 74.5 Å². The molecule has 4 bridgehead atoms. The Morgan fingerprint density at radius 1 is 1.13 bits per heavy atom. The summed E-state index contributed by atoms with van der Waals surface area (Å²) in [5.74, 6) is 1.41. The molecule has 39 heavy (non-hydrogen) atoms. The molecule has 2 aliphatic heterocycles. The normalized spacial score (nSPS) is 35.3. The monoisotopic (exact) mass is 526 g/mol. The van der Waals surface area contributed by atoms with Gasteiger partial charge in [0.15, 0.2) is 11.5 Å². The van der Waals surface area contributed by atoms with Gasteiger partial charge in [-0.05, 0) is 81.0 Å². The van der Waals surface area contributed by atoms with E-state index < -0.39 is 17.1 Å². The summed E-state index contributed by atoms with van der Waals surface area (Å²) in [7, 11) is 1.86. The largest absolute Gasteiger partial charge is 0.504 e. The molecular weight excluding hydrogens is 488 g/mol. The van der Waals surface area contributed by atoms with Crippen LogP contribution >= 0.6 is 0 Å². The second-order valence-corrected chi connectivity index (χ2v) is 13.2. The van der Waals surface area contributed by atoms with Gasteiger partial charge in [0, 0.05) is 42.7 Å². The number of aryl methyl sites for hydroxylation is 1. The summed E-state index contributed by atoms with van der Waals surface area (Å²) < 4.78 is 6.64. The summed E-state index contributed by atoms with van der Waals surface area (Å²) >= 11 is 0. The van der Waals surface area contributed by atoms with E-state index in [4.69, 9.17) is 4.74 Å². The molecule has 1 saturated heterocycles. The Hall–Kier alpha value is -2.83. The number of phenolic OH excluding ortho intramolecular Hbond substituents is 1. The van der Waals surface area contributed by atoms with Crippen LogP contribution in [0.2, 0.25) is 0 Å². The second kappa shape index (κ2) is 8.11. The van der Waals surface area contributed by atoms with Gasteiger partial charge in [-0.15, -0.1) is 0 Å². The molecule has 2 aromatic carbocycles. The number of likely N-dealkylation sites (tertiary alicyclic amines) is 1. The van der Waals surface area contributed by atoms with Gasteiger partial charge in [0.1, 0.15) is 11.7 Å². The molecule has 9 rings (SSSR count). The first-order chi connectivity index (χ1) is 18.9. The number of carbonyl (C=O) groups excluding carboxylic acids is 1. The Morgan fingerprint density at radius 2 is 1.95 bits per heavy atom. The minimum absolute atomic E-state index is 0.0825. The number of likely N-dealkylation sites (N-methyl/N-ethyl adjacent to an activating group) is 1. The minimum atomic E-state index is -1.37. The molecule has 5 aliphatic carbocycles. The van der Waals surface area contributed by atoms with Gasteiger partial charge in [0.25, 0.3) is 5.91 Å². The summed E-state index contributed by atoms with van der Waals surface area (Å²) in [5.41, 5.74) is 2.11. The van der Waals surface area contributed by atoms with Crippen LogP contribution < -0.4 is 4.74 Å². The number of ether oxygens (including phenoxy) is 1.